The van der Waals surface area contributed by atoms with Crippen LogP contribution in [0.5, 0.6) is 0 Å². The second-order valence-electron chi connectivity index (χ2n) is 6.78. The van der Waals surface area contributed by atoms with E-state index in [-0.39, 0.29) is 5.91 Å². The van der Waals surface area contributed by atoms with Gasteiger partial charge in [0.25, 0.3) is 0 Å². The van der Waals surface area contributed by atoms with Crippen molar-refractivity contribution >= 4 is 5.91 Å². The lowest BCUT2D eigenvalue weighted by Gasteiger charge is -2.29. The van der Waals surface area contributed by atoms with Gasteiger partial charge in [-0.1, -0.05) is 12.8 Å². The third-order valence-corrected chi connectivity index (χ3v) is 5.21. The van der Waals surface area contributed by atoms with Gasteiger partial charge in [0, 0.05) is 19.6 Å². The van der Waals surface area contributed by atoms with E-state index in [1.54, 1.807) is 0 Å². The highest BCUT2D eigenvalue weighted by Gasteiger charge is 2.41. The van der Waals surface area contributed by atoms with Crippen molar-refractivity contribution in [2.24, 2.45) is 11.7 Å². The van der Waals surface area contributed by atoms with Crippen molar-refractivity contribution in [2.75, 3.05) is 32.7 Å². The maximum Gasteiger partial charge on any atom is 0.242 e. The van der Waals surface area contributed by atoms with E-state index in [2.05, 4.69) is 4.90 Å². The summed E-state index contributed by atoms with van der Waals surface area (Å²) in [4.78, 5) is 17.1. The minimum atomic E-state index is -0.525. The topological polar surface area (TPSA) is 49.6 Å². The monoisotopic (exact) mass is 265 g/mol. The van der Waals surface area contributed by atoms with Crippen LogP contribution in [-0.2, 0) is 4.79 Å². The zero-order chi connectivity index (χ0) is 13.3. The molecule has 1 atom stereocenters. The Balaban J connectivity index is 1.52. The molecule has 3 fully saturated rings. The SMILES string of the molecule is NC1(C(=O)N2CCC(CN3CCCC3)C2)CCCC1. The fraction of sp³-hybridized carbons (Fsp3) is 0.933. The Morgan fingerprint density at radius 2 is 1.79 bits per heavy atom. The molecule has 0 bridgehead atoms. The molecule has 0 aromatic heterocycles. The summed E-state index contributed by atoms with van der Waals surface area (Å²) in [6.45, 7) is 5.56. The van der Waals surface area contributed by atoms with E-state index < -0.39 is 5.54 Å². The predicted molar refractivity (Wildman–Crippen MR) is 75.7 cm³/mol. The van der Waals surface area contributed by atoms with Crippen LogP contribution in [0.3, 0.4) is 0 Å². The molecule has 2 heterocycles. The maximum absolute atomic E-state index is 12.5. The van der Waals surface area contributed by atoms with Gasteiger partial charge >= 0.3 is 0 Å². The molecule has 3 aliphatic rings. The Kier molecular flexibility index (Phi) is 3.81. The lowest BCUT2D eigenvalue weighted by Crippen LogP contribution is -2.53. The number of carbonyl (C=O) groups is 1. The van der Waals surface area contributed by atoms with E-state index in [0.29, 0.717) is 5.92 Å². The summed E-state index contributed by atoms with van der Waals surface area (Å²) in [7, 11) is 0. The third kappa shape index (κ3) is 2.79. The van der Waals surface area contributed by atoms with Gasteiger partial charge in [0.05, 0.1) is 5.54 Å². The minimum absolute atomic E-state index is 0.230. The lowest BCUT2D eigenvalue weighted by atomic mass is 9.97. The molecule has 108 valence electrons. The summed E-state index contributed by atoms with van der Waals surface area (Å²) >= 11 is 0. The largest absolute Gasteiger partial charge is 0.341 e. The quantitative estimate of drug-likeness (QED) is 0.834. The van der Waals surface area contributed by atoms with Crippen LogP contribution >= 0.6 is 0 Å². The molecule has 19 heavy (non-hydrogen) atoms. The summed E-state index contributed by atoms with van der Waals surface area (Å²) in [5.41, 5.74) is 5.76. The van der Waals surface area contributed by atoms with Crippen molar-refractivity contribution in [3.8, 4) is 0 Å². The first-order valence-corrected chi connectivity index (χ1v) is 7.98. The molecule has 3 rings (SSSR count). The van der Waals surface area contributed by atoms with Gasteiger partial charge in [0.1, 0.15) is 0 Å². The highest BCUT2D eigenvalue weighted by Crippen LogP contribution is 2.31. The van der Waals surface area contributed by atoms with E-state index in [1.165, 1.54) is 38.9 Å². The number of nitrogens with zero attached hydrogens (tertiary/aromatic N) is 2. The van der Waals surface area contributed by atoms with Gasteiger partial charge in [-0.05, 0) is 51.1 Å². The van der Waals surface area contributed by atoms with Crippen LogP contribution in [-0.4, -0.2) is 54.0 Å². The van der Waals surface area contributed by atoms with Crippen molar-refractivity contribution in [3.63, 3.8) is 0 Å². The molecule has 0 aromatic carbocycles. The Morgan fingerprint density at radius 3 is 2.47 bits per heavy atom. The number of rotatable bonds is 3. The minimum Gasteiger partial charge on any atom is -0.341 e. The van der Waals surface area contributed by atoms with E-state index in [9.17, 15) is 4.79 Å². The molecular weight excluding hydrogens is 238 g/mol. The van der Waals surface area contributed by atoms with Gasteiger partial charge in [-0.25, -0.2) is 0 Å². The van der Waals surface area contributed by atoms with Crippen molar-refractivity contribution in [3.05, 3.63) is 0 Å². The lowest BCUT2D eigenvalue weighted by molar-refractivity contribution is -0.135. The molecule has 4 heteroatoms. The van der Waals surface area contributed by atoms with Crippen molar-refractivity contribution in [1.82, 2.24) is 9.80 Å². The van der Waals surface area contributed by atoms with Gasteiger partial charge in [-0.2, -0.15) is 0 Å². The fourth-order valence-electron chi connectivity index (χ4n) is 4.03. The highest BCUT2D eigenvalue weighted by atomic mass is 16.2. The zero-order valence-corrected chi connectivity index (χ0v) is 11.9. The Morgan fingerprint density at radius 1 is 1.11 bits per heavy atom. The number of amides is 1. The standard InChI is InChI=1S/C15H27N3O/c16-15(6-1-2-7-15)14(19)18-10-5-13(12-18)11-17-8-3-4-9-17/h13H,1-12,16H2. The van der Waals surface area contributed by atoms with Crippen LogP contribution in [0.4, 0.5) is 0 Å². The summed E-state index contributed by atoms with van der Waals surface area (Å²) in [5.74, 6) is 0.904. The van der Waals surface area contributed by atoms with Crippen LogP contribution in [0.1, 0.15) is 44.9 Å². The average molecular weight is 265 g/mol. The molecule has 1 saturated carbocycles. The highest BCUT2D eigenvalue weighted by molar-refractivity contribution is 5.86. The van der Waals surface area contributed by atoms with E-state index in [4.69, 9.17) is 5.73 Å². The first-order valence-electron chi connectivity index (χ1n) is 7.98. The van der Waals surface area contributed by atoms with Gasteiger partial charge < -0.3 is 15.5 Å². The van der Waals surface area contributed by atoms with Gasteiger partial charge in [-0.15, -0.1) is 0 Å². The van der Waals surface area contributed by atoms with Crippen LogP contribution in [0.25, 0.3) is 0 Å². The molecule has 1 aliphatic carbocycles. The summed E-state index contributed by atoms with van der Waals surface area (Å²) in [5, 5.41) is 0. The summed E-state index contributed by atoms with van der Waals surface area (Å²) in [6.07, 6.45) is 7.87. The number of carbonyl (C=O) groups excluding carboxylic acids is 1. The zero-order valence-electron chi connectivity index (χ0n) is 11.9. The smallest absolute Gasteiger partial charge is 0.242 e. The average Bonchev–Trinajstić information content (AvgIpc) is 3.11. The molecule has 4 nitrogen and oxygen atoms in total. The molecule has 0 aromatic rings. The van der Waals surface area contributed by atoms with E-state index in [0.717, 1.165) is 38.8 Å². The summed E-state index contributed by atoms with van der Waals surface area (Å²) in [6, 6.07) is 0. The molecule has 2 saturated heterocycles. The van der Waals surface area contributed by atoms with Crippen LogP contribution in [0.15, 0.2) is 0 Å². The molecule has 2 N–H and O–H groups in total. The van der Waals surface area contributed by atoms with Crippen LogP contribution in [0.2, 0.25) is 0 Å². The molecule has 1 unspecified atom stereocenters. The fourth-order valence-corrected chi connectivity index (χ4v) is 4.03. The number of nitrogens with two attached hydrogens (primary N) is 1. The number of hydrogen-bond acceptors (Lipinski definition) is 3. The van der Waals surface area contributed by atoms with Gasteiger partial charge in [0.2, 0.25) is 5.91 Å². The van der Waals surface area contributed by atoms with Crippen LogP contribution < -0.4 is 5.73 Å². The number of likely N-dealkylation sites (tertiary alicyclic amines) is 2. The normalized spacial score (nSPS) is 31.2. The third-order valence-electron chi connectivity index (χ3n) is 5.21. The Bertz CT molecular complexity index is 332. The van der Waals surface area contributed by atoms with Gasteiger partial charge in [0.15, 0.2) is 0 Å². The molecular formula is C15H27N3O. The first kappa shape index (κ1) is 13.4. The molecule has 0 radical (unpaired) electrons. The summed E-state index contributed by atoms with van der Waals surface area (Å²) < 4.78 is 0. The predicted octanol–water partition coefficient (Wildman–Crippen LogP) is 1.20. The van der Waals surface area contributed by atoms with E-state index in [1.807, 2.05) is 4.90 Å². The van der Waals surface area contributed by atoms with Gasteiger partial charge in [-0.3, -0.25) is 4.79 Å². The number of hydrogen-bond donors (Lipinski definition) is 1. The van der Waals surface area contributed by atoms with E-state index >= 15 is 0 Å². The Labute approximate surface area is 116 Å². The second kappa shape index (κ2) is 5.41. The van der Waals surface area contributed by atoms with Crippen molar-refractivity contribution in [2.45, 2.75) is 50.5 Å². The maximum atomic E-state index is 12.5. The van der Waals surface area contributed by atoms with Crippen molar-refractivity contribution < 1.29 is 4.79 Å². The first-order chi connectivity index (χ1) is 9.17. The molecule has 2 aliphatic heterocycles. The Hall–Kier alpha value is -0.610. The second-order valence-corrected chi connectivity index (χ2v) is 6.78. The molecule has 1 amide bonds. The molecule has 0 spiro atoms. The van der Waals surface area contributed by atoms with Crippen molar-refractivity contribution in [1.29, 1.82) is 0 Å². The van der Waals surface area contributed by atoms with Crippen LogP contribution in [0, 0.1) is 5.92 Å².